The highest BCUT2D eigenvalue weighted by atomic mass is 16.7. The van der Waals surface area contributed by atoms with Crippen LogP contribution in [0.1, 0.15) is 29.8 Å². The average molecular weight is 414 g/mol. The van der Waals surface area contributed by atoms with E-state index in [0.29, 0.717) is 47.4 Å². The molecule has 160 valence electrons. The molecule has 0 bridgehead atoms. The van der Waals surface area contributed by atoms with Crippen LogP contribution in [0.3, 0.4) is 0 Å². The highest BCUT2D eigenvalue weighted by Crippen LogP contribution is 2.37. The van der Waals surface area contributed by atoms with E-state index in [0.717, 1.165) is 5.56 Å². The van der Waals surface area contributed by atoms with Crippen LogP contribution in [0.2, 0.25) is 0 Å². The zero-order valence-electron chi connectivity index (χ0n) is 17.6. The van der Waals surface area contributed by atoms with Gasteiger partial charge in [0.25, 0.3) is 0 Å². The number of nitrogens with one attached hydrogen (secondary N) is 1. The van der Waals surface area contributed by atoms with Gasteiger partial charge in [0.05, 0.1) is 25.9 Å². The monoisotopic (exact) mass is 414 g/mol. The summed E-state index contributed by atoms with van der Waals surface area (Å²) in [6.45, 7) is 4.69. The van der Waals surface area contributed by atoms with Crippen molar-refractivity contribution < 1.29 is 28.5 Å². The Hall–Kier alpha value is -3.26. The summed E-state index contributed by atoms with van der Waals surface area (Å²) in [5.41, 5.74) is 1.78. The summed E-state index contributed by atoms with van der Waals surface area (Å²) in [4.78, 5) is 26.4. The van der Waals surface area contributed by atoms with E-state index in [1.807, 2.05) is 37.1 Å². The molecule has 1 aliphatic heterocycles. The largest absolute Gasteiger partial charge is 0.493 e. The number of benzene rings is 2. The van der Waals surface area contributed by atoms with Crippen LogP contribution in [0, 0.1) is 0 Å². The molecule has 0 saturated heterocycles. The van der Waals surface area contributed by atoms with Gasteiger partial charge in [-0.1, -0.05) is 6.07 Å². The molecule has 2 aromatic carbocycles. The second-order valence-electron chi connectivity index (χ2n) is 6.95. The molecule has 0 radical (unpaired) electrons. The number of ketones is 1. The number of rotatable bonds is 9. The topological polar surface area (TPSA) is 86.3 Å². The van der Waals surface area contributed by atoms with E-state index in [1.54, 1.807) is 19.2 Å². The van der Waals surface area contributed by atoms with E-state index in [2.05, 4.69) is 5.32 Å². The Kier molecular flexibility index (Phi) is 6.79. The molecule has 1 aliphatic rings. The van der Waals surface area contributed by atoms with Crippen molar-refractivity contribution in [3.05, 3.63) is 41.5 Å². The molecule has 1 heterocycles. The molecule has 0 aliphatic carbocycles. The van der Waals surface area contributed by atoms with Crippen LogP contribution in [0.25, 0.3) is 0 Å². The number of fused-ring (bicyclic) bond motifs is 1. The van der Waals surface area contributed by atoms with Gasteiger partial charge in [0, 0.05) is 18.2 Å². The molecular formula is C22H26N2O6. The number of hydrogen-bond donors (Lipinski definition) is 1. The van der Waals surface area contributed by atoms with Crippen molar-refractivity contribution in [3.63, 3.8) is 0 Å². The second-order valence-corrected chi connectivity index (χ2v) is 6.95. The molecule has 0 spiro atoms. The summed E-state index contributed by atoms with van der Waals surface area (Å²) >= 11 is 0. The Bertz CT molecular complexity index is 943. The molecule has 1 N–H and O–H groups in total. The maximum atomic E-state index is 12.6. The molecule has 0 unspecified atom stereocenters. The van der Waals surface area contributed by atoms with Crippen LogP contribution in [-0.4, -0.2) is 50.7 Å². The van der Waals surface area contributed by atoms with Crippen LogP contribution in [0.5, 0.6) is 23.0 Å². The third kappa shape index (κ3) is 5.01. The van der Waals surface area contributed by atoms with E-state index in [-0.39, 0.29) is 25.0 Å². The SMILES string of the molecule is CCOc1ccc(CN(C)CC(=O)Nc2cc3c(cc2C(C)=O)OCO3)cc1OC. The lowest BCUT2D eigenvalue weighted by atomic mass is 10.1. The highest BCUT2D eigenvalue weighted by molar-refractivity contribution is 6.05. The molecule has 2 aromatic rings. The van der Waals surface area contributed by atoms with Gasteiger partial charge in [-0.15, -0.1) is 0 Å². The van der Waals surface area contributed by atoms with Crippen molar-refractivity contribution in [2.75, 3.05) is 39.4 Å². The molecule has 8 nitrogen and oxygen atoms in total. The molecule has 0 fully saturated rings. The smallest absolute Gasteiger partial charge is 0.238 e. The summed E-state index contributed by atoms with van der Waals surface area (Å²) in [7, 11) is 3.44. The number of methoxy groups -OCH3 is 1. The molecule has 0 saturated carbocycles. The van der Waals surface area contributed by atoms with E-state index < -0.39 is 0 Å². The van der Waals surface area contributed by atoms with Crippen LogP contribution in [0.4, 0.5) is 5.69 Å². The number of amides is 1. The van der Waals surface area contributed by atoms with Crippen molar-refractivity contribution in [1.82, 2.24) is 4.90 Å². The Labute approximate surface area is 175 Å². The number of hydrogen-bond acceptors (Lipinski definition) is 7. The standard InChI is InChI=1S/C22H26N2O6/c1-5-28-18-7-6-15(8-19(18)27-4)11-24(3)12-22(26)23-17-10-21-20(29-13-30-21)9-16(17)14(2)25/h6-10H,5,11-13H2,1-4H3,(H,23,26). The molecule has 1 amide bonds. The number of ether oxygens (including phenoxy) is 4. The quantitative estimate of drug-likeness (QED) is 0.631. The molecule has 0 aromatic heterocycles. The minimum Gasteiger partial charge on any atom is -0.493 e. The molecule has 30 heavy (non-hydrogen) atoms. The number of anilines is 1. The van der Waals surface area contributed by atoms with E-state index >= 15 is 0 Å². The van der Waals surface area contributed by atoms with Crippen LogP contribution in [-0.2, 0) is 11.3 Å². The maximum Gasteiger partial charge on any atom is 0.238 e. The van der Waals surface area contributed by atoms with Crippen LogP contribution >= 0.6 is 0 Å². The second kappa shape index (κ2) is 9.49. The molecule has 8 heteroatoms. The van der Waals surface area contributed by atoms with Gasteiger partial charge in [-0.3, -0.25) is 14.5 Å². The third-order valence-electron chi connectivity index (χ3n) is 4.56. The van der Waals surface area contributed by atoms with Gasteiger partial charge in [-0.05, 0) is 44.7 Å². The van der Waals surface area contributed by atoms with Crippen molar-refractivity contribution in [1.29, 1.82) is 0 Å². The fourth-order valence-electron chi connectivity index (χ4n) is 3.22. The van der Waals surface area contributed by atoms with Gasteiger partial charge in [0.1, 0.15) is 0 Å². The first-order valence-corrected chi connectivity index (χ1v) is 9.64. The van der Waals surface area contributed by atoms with Crippen molar-refractivity contribution in [2.45, 2.75) is 20.4 Å². The zero-order chi connectivity index (χ0) is 21.7. The lowest BCUT2D eigenvalue weighted by Crippen LogP contribution is -2.30. The predicted molar refractivity (Wildman–Crippen MR) is 112 cm³/mol. The first-order chi connectivity index (χ1) is 14.4. The number of carbonyl (C=O) groups is 2. The van der Waals surface area contributed by atoms with Crippen LogP contribution < -0.4 is 24.3 Å². The molecule has 3 rings (SSSR count). The predicted octanol–water partition coefficient (Wildman–Crippen LogP) is 3.10. The van der Waals surface area contributed by atoms with Gasteiger partial charge in [-0.25, -0.2) is 0 Å². The van der Waals surface area contributed by atoms with Gasteiger partial charge >= 0.3 is 0 Å². The Morgan fingerprint density at radius 2 is 1.87 bits per heavy atom. The zero-order valence-corrected chi connectivity index (χ0v) is 17.6. The first-order valence-electron chi connectivity index (χ1n) is 9.64. The normalized spacial score (nSPS) is 12.0. The number of nitrogens with zero attached hydrogens (tertiary/aromatic N) is 1. The van der Waals surface area contributed by atoms with Gasteiger partial charge in [-0.2, -0.15) is 0 Å². The van der Waals surface area contributed by atoms with E-state index in [1.165, 1.54) is 6.92 Å². The summed E-state index contributed by atoms with van der Waals surface area (Å²) < 4.78 is 21.6. The fraction of sp³-hybridized carbons (Fsp3) is 0.364. The van der Waals surface area contributed by atoms with Crippen molar-refractivity contribution in [3.8, 4) is 23.0 Å². The van der Waals surface area contributed by atoms with E-state index in [4.69, 9.17) is 18.9 Å². The fourth-order valence-corrected chi connectivity index (χ4v) is 3.22. The minimum absolute atomic E-state index is 0.0956. The summed E-state index contributed by atoms with van der Waals surface area (Å²) in [5.74, 6) is 1.93. The first kappa shape index (κ1) is 21.4. The average Bonchev–Trinajstić information content (AvgIpc) is 3.15. The Balaban J connectivity index is 1.65. The van der Waals surface area contributed by atoms with Crippen molar-refractivity contribution in [2.24, 2.45) is 0 Å². The lowest BCUT2D eigenvalue weighted by molar-refractivity contribution is -0.117. The summed E-state index contributed by atoms with van der Waals surface area (Å²) in [5, 5.41) is 2.80. The summed E-state index contributed by atoms with van der Waals surface area (Å²) in [6, 6.07) is 8.90. The number of likely N-dealkylation sites (N-methyl/N-ethyl adjacent to an activating group) is 1. The van der Waals surface area contributed by atoms with E-state index in [9.17, 15) is 9.59 Å². The lowest BCUT2D eigenvalue weighted by Gasteiger charge is -2.18. The number of carbonyl (C=O) groups excluding carboxylic acids is 2. The number of Topliss-reactive ketones (excluding diaryl/α,β-unsaturated/α-hetero) is 1. The Morgan fingerprint density at radius 1 is 1.13 bits per heavy atom. The van der Waals surface area contributed by atoms with Gasteiger partial charge in [0.2, 0.25) is 12.7 Å². The maximum absolute atomic E-state index is 12.6. The summed E-state index contributed by atoms with van der Waals surface area (Å²) in [6.07, 6.45) is 0. The molecule has 0 atom stereocenters. The van der Waals surface area contributed by atoms with Gasteiger partial charge < -0.3 is 24.3 Å². The van der Waals surface area contributed by atoms with Gasteiger partial charge in [0.15, 0.2) is 28.8 Å². The highest BCUT2D eigenvalue weighted by Gasteiger charge is 2.21. The Morgan fingerprint density at radius 3 is 2.53 bits per heavy atom. The third-order valence-corrected chi connectivity index (χ3v) is 4.56. The minimum atomic E-state index is -0.239. The van der Waals surface area contributed by atoms with Crippen molar-refractivity contribution >= 4 is 17.4 Å². The molecular weight excluding hydrogens is 388 g/mol. The van der Waals surface area contributed by atoms with Crippen LogP contribution in [0.15, 0.2) is 30.3 Å².